The second kappa shape index (κ2) is 8.21. The Kier molecular flexibility index (Phi) is 6.45. The Balaban J connectivity index is 2.57. The average Bonchev–Trinajstić information content (AvgIpc) is 2.58. The van der Waals surface area contributed by atoms with Crippen molar-refractivity contribution in [3.8, 4) is 0 Å². The molecule has 0 aliphatic heterocycles. The molecule has 0 aliphatic rings. The minimum absolute atomic E-state index is 0.202. The van der Waals surface area contributed by atoms with E-state index in [2.05, 4.69) is 35.1 Å². The molecule has 4 nitrogen and oxygen atoms in total. The number of hydrogen-bond acceptors (Lipinski definition) is 2. The fourth-order valence-electron chi connectivity index (χ4n) is 3.23. The zero-order chi connectivity index (χ0) is 19.6. The third-order valence-corrected chi connectivity index (χ3v) is 5.60. The monoisotopic (exact) mass is 418 g/mol. The van der Waals surface area contributed by atoms with Gasteiger partial charge in [0.1, 0.15) is 5.56 Å². The van der Waals surface area contributed by atoms with Gasteiger partial charge < -0.3 is 9.88 Å². The lowest BCUT2D eigenvalue weighted by Gasteiger charge is -2.21. The van der Waals surface area contributed by atoms with Crippen molar-refractivity contribution in [2.24, 2.45) is 5.92 Å². The number of benzene rings is 1. The van der Waals surface area contributed by atoms with E-state index in [-0.39, 0.29) is 16.9 Å². The van der Waals surface area contributed by atoms with Crippen molar-refractivity contribution in [3.05, 3.63) is 61.0 Å². The summed E-state index contributed by atoms with van der Waals surface area (Å²) < 4.78 is 2.50. The summed E-state index contributed by atoms with van der Waals surface area (Å²) in [6.07, 6.45) is 0.811. The summed E-state index contributed by atoms with van der Waals surface area (Å²) in [6.45, 7) is 12.7. The van der Waals surface area contributed by atoms with Crippen LogP contribution < -0.4 is 10.7 Å². The first-order valence-electron chi connectivity index (χ1n) is 8.98. The number of nitrogens with one attached hydrogen (secondary N) is 1. The van der Waals surface area contributed by atoms with Gasteiger partial charge in [-0.3, -0.25) is 9.59 Å². The van der Waals surface area contributed by atoms with Crippen LogP contribution in [0.5, 0.6) is 0 Å². The number of carbonyl (C=O) groups is 1. The molecule has 2 aromatic rings. The summed E-state index contributed by atoms with van der Waals surface area (Å²) in [6, 6.07) is 5.94. The lowest BCUT2D eigenvalue weighted by Crippen LogP contribution is -2.29. The van der Waals surface area contributed by atoms with Gasteiger partial charge in [-0.15, -0.1) is 0 Å². The van der Waals surface area contributed by atoms with Crippen molar-refractivity contribution in [1.82, 2.24) is 4.57 Å². The van der Waals surface area contributed by atoms with Crippen LogP contribution in [0.15, 0.2) is 27.5 Å². The Morgan fingerprint density at radius 3 is 2.42 bits per heavy atom. The van der Waals surface area contributed by atoms with Gasteiger partial charge in [0.05, 0.1) is 4.47 Å². The average molecular weight is 419 g/mol. The number of nitrogens with zero attached hydrogens (tertiary/aromatic N) is 1. The molecule has 1 amide bonds. The van der Waals surface area contributed by atoms with Crippen molar-refractivity contribution in [3.63, 3.8) is 0 Å². The zero-order valence-corrected chi connectivity index (χ0v) is 18.0. The molecule has 1 aromatic carbocycles. The van der Waals surface area contributed by atoms with Gasteiger partial charge in [-0.1, -0.05) is 39.0 Å². The third-order valence-electron chi connectivity index (χ3n) is 4.67. The van der Waals surface area contributed by atoms with Gasteiger partial charge in [0.25, 0.3) is 5.91 Å². The van der Waals surface area contributed by atoms with Crippen LogP contribution in [-0.2, 0) is 13.0 Å². The van der Waals surface area contributed by atoms with Crippen LogP contribution in [0, 0.1) is 26.7 Å². The highest BCUT2D eigenvalue weighted by Gasteiger charge is 2.22. The molecule has 1 N–H and O–H groups in total. The molecule has 2 rings (SSSR count). The second-order valence-electron chi connectivity index (χ2n) is 7.11. The highest BCUT2D eigenvalue weighted by atomic mass is 79.9. The van der Waals surface area contributed by atoms with Gasteiger partial charge >= 0.3 is 0 Å². The molecule has 0 aliphatic carbocycles. The number of rotatable bonds is 5. The molecule has 0 spiro atoms. The van der Waals surface area contributed by atoms with Gasteiger partial charge in [0.2, 0.25) is 5.43 Å². The van der Waals surface area contributed by atoms with Crippen LogP contribution in [0.25, 0.3) is 0 Å². The van der Waals surface area contributed by atoms with E-state index in [1.165, 1.54) is 0 Å². The highest BCUT2D eigenvalue weighted by molar-refractivity contribution is 9.10. The summed E-state index contributed by atoms with van der Waals surface area (Å²) in [5.41, 5.74) is 4.34. The highest BCUT2D eigenvalue weighted by Crippen LogP contribution is 2.23. The van der Waals surface area contributed by atoms with E-state index in [9.17, 15) is 9.59 Å². The zero-order valence-electron chi connectivity index (χ0n) is 16.4. The minimum Gasteiger partial charge on any atom is -0.347 e. The van der Waals surface area contributed by atoms with Crippen molar-refractivity contribution < 1.29 is 4.79 Å². The Morgan fingerprint density at radius 1 is 1.19 bits per heavy atom. The third kappa shape index (κ3) is 3.93. The molecule has 0 saturated carbocycles. The minimum atomic E-state index is -0.352. The quantitative estimate of drug-likeness (QED) is 0.741. The molecule has 1 aromatic heterocycles. The first-order chi connectivity index (χ1) is 12.2. The smallest absolute Gasteiger partial charge is 0.261 e. The van der Waals surface area contributed by atoms with Gasteiger partial charge in [-0.2, -0.15) is 0 Å². The number of hydrogen-bond donors (Lipinski definition) is 1. The Morgan fingerprint density at radius 2 is 1.85 bits per heavy atom. The van der Waals surface area contributed by atoms with Crippen LogP contribution in [0.3, 0.4) is 0 Å². The fourth-order valence-corrected chi connectivity index (χ4v) is 3.64. The maximum Gasteiger partial charge on any atom is 0.261 e. The molecule has 0 bridgehead atoms. The summed E-state index contributed by atoms with van der Waals surface area (Å²) in [7, 11) is 0. The molecule has 26 heavy (non-hydrogen) atoms. The van der Waals surface area contributed by atoms with E-state index in [0.717, 1.165) is 35.5 Å². The number of aromatic nitrogens is 1. The predicted molar refractivity (Wildman–Crippen MR) is 111 cm³/mol. The van der Waals surface area contributed by atoms with E-state index in [1.807, 2.05) is 50.5 Å². The first kappa shape index (κ1) is 20.4. The lowest BCUT2D eigenvalue weighted by atomic mass is 10.0. The van der Waals surface area contributed by atoms with E-state index >= 15 is 0 Å². The number of pyridine rings is 1. The van der Waals surface area contributed by atoms with E-state index < -0.39 is 0 Å². The van der Waals surface area contributed by atoms with Crippen molar-refractivity contribution in [2.45, 2.75) is 54.5 Å². The van der Waals surface area contributed by atoms with E-state index in [4.69, 9.17) is 0 Å². The number of halogens is 1. The van der Waals surface area contributed by atoms with Gasteiger partial charge in [0.15, 0.2) is 0 Å². The van der Waals surface area contributed by atoms with Crippen molar-refractivity contribution in [2.75, 3.05) is 5.32 Å². The first-order valence-corrected chi connectivity index (χ1v) is 9.77. The number of amides is 1. The predicted octanol–water partition coefficient (Wildman–Crippen LogP) is 5.01. The summed E-state index contributed by atoms with van der Waals surface area (Å²) in [4.78, 5) is 25.8. The van der Waals surface area contributed by atoms with Crippen molar-refractivity contribution >= 4 is 27.5 Å². The summed E-state index contributed by atoms with van der Waals surface area (Å²) in [5, 5.41) is 2.98. The fraction of sp³-hybridized carbons (Fsp3) is 0.429. The lowest BCUT2D eigenvalue weighted by molar-refractivity contribution is 0.102. The topological polar surface area (TPSA) is 51.1 Å². The van der Waals surface area contributed by atoms with Crippen LogP contribution >= 0.6 is 15.9 Å². The van der Waals surface area contributed by atoms with Crippen LogP contribution in [0.4, 0.5) is 5.69 Å². The van der Waals surface area contributed by atoms with Crippen LogP contribution in [0.2, 0.25) is 0 Å². The number of anilines is 1. The SMILES string of the molecule is CCc1cccc(C)c1NC(=O)c1c(C)n(CC(C)C)c(C)c(Br)c1=O. The second-order valence-corrected chi connectivity index (χ2v) is 7.90. The molecule has 0 radical (unpaired) electrons. The molecular formula is C21H27BrN2O2. The summed E-state index contributed by atoms with van der Waals surface area (Å²) >= 11 is 3.39. The molecule has 140 valence electrons. The van der Waals surface area contributed by atoms with Crippen LogP contribution in [0.1, 0.15) is 53.6 Å². The largest absolute Gasteiger partial charge is 0.347 e. The Bertz CT molecular complexity index is 898. The Labute approximate surface area is 163 Å². The summed E-state index contributed by atoms with van der Waals surface area (Å²) in [5.74, 6) is 0.0514. The maximum atomic E-state index is 13.0. The van der Waals surface area contributed by atoms with Crippen molar-refractivity contribution in [1.29, 1.82) is 0 Å². The molecule has 0 unspecified atom stereocenters. The number of para-hydroxylation sites is 1. The molecule has 1 heterocycles. The van der Waals surface area contributed by atoms with E-state index in [0.29, 0.717) is 16.1 Å². The van der Waals surface area contributed by atoms with Crippen LogP contribution in [-0.4, -0.2) is 10.5 Å². The standard InChI is InChI=1S/C21H27BrN2O2/c1-7-16-10-8-9-13(4)19(16)23-21(26)17-14(5)24(11-12(2)3)15(6)18(22)20(17)25/h8-10,12H,7,11H2,1-6H3,(H,23,26). The molecule has 0 saturated heterocycles. The molecule has 5 heteroatoms. The molecule has 0 atom stereocenters. The van der Waals surface area contributed by atoms with Gasteiger partial charge in [-0.25, -0.2) is 0 Å². The maximum absolute atomic E-state index is 13.0. The molecule has 0 fully saturated rings. The Hall–Kier alpha value is -1.88. The van der Waals surface area contributed by atoms with Gasteiger partial charge in [0, 0.05) is 23.6 Å². The van der Waals surface area contributed by atoms with E-state index in [1.54, 1.807) is 0 Å². The number of aryl methyl sites for hydroxylation is 2. The molecular weight excluding hydrogens is 392 g/mol. The number of carbonyl (C=O) groups excluding carboxylic acids is 1. The normalized spacial score (nSPS) is 11.1. The van der Waals surface area contributed by atoms with Gasteiger partial charge in [-0.05, 0) is 60.2 Å².